The van der Waals surface area contributed by atoms with Gasteiger partial charge in [-0.15, -0.1) is 0 Å². The highest BCUT2D eigenvalue weighted by molar-refractivity contribution is 9.10. The average Bonchev–Trinajstić information content (AvgIpc) is 2.48. The maximum atomic E-state index is 13.6. The van der Waals surface area contributed by atoms with Crippen LogP contribution in [0, 0.1) is 5.82 Å². The topological polar surface area (TPSA) is 48.1 Å². The van der Waals surface area contributed by atoms with Crippen LogP contribution in [0.5, 0.6) is 11.5 Å². The van der Waals surface area contributed by atoms with Crippen molar-refractivity contribution in [3.8, 4) is 11.5 Å². The number of benzene rings is 2. The minimum absolute atomic E-state index is 0.0283. The van der Waals surface area contributed by atoms with Crippen LogP contribution in [0.4, 0.5) is 10.1 Å². The number of rotatable bonds is 2. The third kappa shape index (κ3) is 2.66. The zero-order chi connectivity index (χ0) is 15.0. The van der Waals surface area contributed by atoms with E-state index in [1.165, 1.54) is 12.1 Å². The van der Waals surface area contributed by atoms with Gasteiger partial charge in [-0.2, -0.15) is 0 Å². The van der Waals surface area contributed by atoms with Gasteiger partial charge in [0, 0.05) is 34.9 Å². The van der Waals surface area contributed by atoms with Gasteiger partial charge in [0.2, 0.25) is 0 Å². The predicted molar refractivity (Wildman–Crippen MR) is 85.3 cm³/mol. The van der Waals surface area contributed by atoms with E-state index in [-0.39, 0.29) is 5.02 Å². The van der Waals surface area contributed by atoms with Gasteiger partial charge < -0.3 is 10.5 Å². The van der Waals surface area contributed by atoms with Gasteiger partial charge >= 0.3 is 0 Å². The SMILES string of the molecule is Nc1ccc(Oc2cc(F)c(Cl)cc2Br)c2ccncc12. The number of ether oxygens (including phenoxy) is 1. The second kappa shape index (κ2) is 5.50. The molecule has 1 aromatic heterocycles. The fourth-order valence-electron chi connectivity index (χ4n) is 1.97. The summed E-state index contributed by atoms with van der Waals surface area (Å²) < 4.78 is 19.9. The number of pyridine rings is 1. The average molecular weight is 368 g/mol. The van der Waals surface area contributed by atoms with Crippen LogP contribution in [0.25, 0.3) is 10.8 Å². The van der Waals surface area contributed by atoms with E-state index in [4.69, 9.17) is 22.1 Å². The Hall–Kier alpha value is -1.85. The summed E-state index contributed by atoms with van der Waals surface area (Å²) in [5.41, 5.74) is 6.51. The zero-order valence-electron chi connectivity index (χ0n) is 10.6. The first-order valence-electron chi connectivity index (χ1n) is 6.01. The molecule has 3 aromatic rings. The van der Waals surface area contributed by atoms with E-state index in [1.807, 2.05) is 0 Å². The van der Waals surface area contributed by atoms with Crippen LogP contribution in [-0.2, 0) is 0 Å². The molecule has 0 fully saturated rings. The van der Waals surface area contributed by atoms with E-state index in [1.54, 1.807) is 30.6 Å². The van der Waals surface area contributed by atoms with Gasteiger partial charge in [0.15, 0.2) is 0 Å². The molecule has 0 aliphatic rings. The quantitative estimate of drug-likeness (QED) is 0.502. The van der Waals surface area contributed by atoms with E-state index in [0.29, 0.717) is 21.7 Å². The fraction of sp³-hybridized carbons (Fsp3) is 0. The molecule has 21 heavy (non-hydrogen) atoms. The molecule has 0 radical (unpaired) electrons. The molecule has 1 heterocycles. The van der Waals surface area contributed by atoms with Crippen molar-refractivity contribution in [3.63, 3.8) is 0 Å². The van der Waals surface area contributed by atoms with Crippen molar-refractivity contribution < 1.29 is 9.13 Å². The minimum atomic E-state index is -0.545. The van der Waals surface area contributed by atoms with Gasteiger partial charge in [0.1, 0.15) is 17.3 Å². The van der Waals surface area contributed by atoms with Gasteiger partial charge in [0.05, 0.1) is 9.50 Å². The lowest BCUT2D eigenvalue weighted by molar-refractivity contribution is 0.479. The first kappa shape index (κ1) is 14.1. The number of fused-ring (bicyclic) bond motifs is 1. The molecule has 0 bridgehead atoms. The van der Waals surface area contributed by atoms with Crippen molar-refractivity contribution in [2.45, 2.75) is 0 Å². The first-order chi connectivity index (χ1) is 10.1. The number of hydrogen-bond acceptors (Lipinski definition) is 3. The van der Waals surface area contributed by atoms with Crippen molar-refractivity contribution in [1.82, 2.24) is 4.98 Å². The maximum absolute atomic E-state index is 13.6. The lowest BCUT2D eigenvalue weighted by Crippen LogP contribution is -1.92. The molecule has 0 saturated carbocycles. The second-order valence-corrected chi connectivity index (χ2v) is 5.63. The highest BCUT2D eigenvalue weighted by Crippen LogP contribution is 2.37. The summed E-state index contributed by atoms with van der Waals surface area (Å²) in [5.74, 6) is 0.347. The Labute approximate surface area is 133 Å². The molecule has 0 aliphatic carbocycles. The molecule has 106 valence electrons. The van der Waals surface area contributed by atoms with Crippen LogP contribution in [0.2, 0.25) is 5.02 Å². The number of halogens is 3. The molecule has 6 heteroatoms. The molecule has 0 saturated heterocycles. The number of nitrogen functional groups attached to an aromatic ring is 1. The van der Waals surface area contributed by atoms with Crippen molar-refractivity contribution in [1.29, 1.82) is 0 Å². The summed E-state index contributed by atoms with van der Waals surface area (Å²) in [6.07, 6.45) is 3.31. The van der Waals surface area contributed by atoms with Crippen molar-refractivity contribution in [3.05, 3.63) is 58.0 Å². The highest BCUT2D eigenvalue weighted by Gasteiger charge is 2.11. The molecular formula is C15H9BrClFN2O. The Morgan fingerprint density at radius 1 is 1.14 bits per heavy atom. The Morgan fingerprint density at radius 3 is 2.76 bits per heavy atom. The predicted octanol–water partition coefficient (Wildman–Crippen LogP) is 5.16. The number of nitrogens with two attached hydrogens (primary N) is 1. The molecule has 2 aromatic carbocycles. The van der Waals surface area contributed by atoms with Crippen LogP contribution >= 0.6 is 27.5 Å². The summed E-state index contributed by atoms with van der Waals surface area (Å²) in [6.45, 7) is 0. The number of hydrogen-bond donors (Lipinski definition) is 1. The van der Waals surface area contributed by atoms with E-state index in [9.17, 15) is 4.39 Å². The number of anilines is 1. The summed E-state index contributed by atoms with van der Waals surface area (Å²) >= 11 is 9.02. The third-order valence-corrected chi connectivity index (χ3v) is 3.92. The highest BCUT2D eigenvalue weighted by atomic mass is 79.9. The summed E-state index contributed by atoms with van der Waals surface area (Å²) in [6, 6.07) is 7.93. The molecule has 0 amide bonds. The summed E-state index contributed by atoms with van der Waals surface area (Å²) in [5, 5.41) is 1.61. The molecule has 0 unspecified atom stereocenters. The third-order valence-electron chi connectivity index (χ3n) is 3.01. The monoisotopic (exact) mass is 366 g/mol. The van der Waals surface area contributed by atoms with Gasteiger partial charge in [-0.25, -0.2) is 4.39 Å². The van der Waals surface area contributed by atoms with Gasteiger partial charge in [0.25, 0.3) is 0 Å². The van der Waals surface area contributed by atoms with Crippen LogP contribution < -0.4 is 10.5 Å². The normalized spacial score (nSPS) is 10.8. The van der Waals surface area contributed by atoms with Crippen LogP contribution in [0.1, 0.15) is 0 Å². The van der Waals surface area contributed by atoms with Gasteiger partial charge in [-0.3, -0.25) is 4.98 Å². The molecule has 0 spiro atoms. The molecule has 3 nitrogen and oxygen atoms in total. The lowest BCUT2D eigenvalue weighted by Gasteiger charge is -2.12. The Bertz CT molecular complexity index is 841. The lowest BCUT2D eigenvalue weighted by atomic mass is 10.1. The largest absolute Gasteiger partial charge is 0.455 e. The summed E-state index contributed by atoms with van der Waals surface area (Å²) in [4.78, 5) is 4.04. The maximum Gasteiger partial charge on any atom is 0.145 e. The van der Waals surface area contributed by atoms with Crippen LogP contribution in [0.3, 0.4) is 0 Å². The van der Waals surface area contributed by atoms with Crippen molar-refractivity contribution in [2.24, 2.45) is 0 Å². The smallest absolute Gasteiger partial charge is 0.145 e. The Balaban J connectivity index is 2.11. The van der Waals surface area contributed by atoms with Crippen molar-refractivity contribution in [2.75, 3.05) is 5.73 Å². The minimum Gasteiger partial charge on any atom is -0.455 e. The van der Waals surface area contributed by atoms with E-state index in [2.05, 4.69) is 20.9 Å². The molecular weight excluding hydrogens is 359 g/mol. The first-order valence-corrected chi connectivity index (χ1v) is 7.18. The fourth-order valence-corrected chi connectivity index (χ4v) is 2.69. The van der Waals surface area contributed by atoms with E-state index < -0.39 is 5.82 Å². The Kier molecular flexibility index (Phi) is 3.69. The van der Waals surface area contributed by atoms with Crippen LogP contribution in [-0.4, -0.2) is 4.98 Å². The van der Waals surface area contributed by atoms with Gasteiger partial charge in [-0.1, -0.05) is 11.6 Å². The number of aromatic nitrogens is 1. The molecule has 0 aliphatic heterocycles. The molecule has 3 rings (SSSR count). The standard InChI is InChI=1S/C15H9BrClFN2O/c16-10-5-11(17)12(18)6-15(10)21-14-2-1-13(19)9-7-20-4-3-8(9)14/h1-7H,19H2. The van der Waals surface area contributed by atoms with Crippen molar-refractivity contribution >= 4 is 44.0 Å². The molecule has 2 N–H and O–H groups in total. The zero-order valence-corrected chi connectivity index (χ0v) is 13.0. The Morgan fingerprint density at radius 2 is 1.95 bits per heavy atom. The molecule has 0 atom stereocenters. The second-order valence-electron chi connectivity index (χ2n) is 4.37. The van der Waals surface area contributed by atoms with E-state index >= 15 is 0 Å². The number of nitrogens with zero attached hydrogens (tertiary/aromatic N) is 1. The van der Waals surface area contributed by atoms with Crippen LogP contribution in [0.15, 0.2) is 47.2 Å². The summed E-state index contributed by atoms with van der Waals surface area (Å²) in [7, 11) is 0. The van der Waals surface area contributed by atoms with E-state index in [0.717, 1.165) is 10.8 Å². The van der Waals surface area contributed by atoms with Gasteiger partial charge in [-0.05, 0) is 40.2 Å².